The van der Waals surface area contributed by atoms with Gasteiger partial charge < -0.3 is 4.74 Å². The third kappa shape index (κ3) is 1.79. The molecule has 2 aliphatic carbocycles. The Bertz CT molecular complexity index is 774. The van der Waals surface area contributed by atoms with Crippen molar-refractivity contribution < 1.29 is 19.2 Å². The van der Waals surface area contributed by atoms with E-state index in [0.29, 0.717) is 0 Å². The molecule has 11 heteroatoms. The van der Waals surface area contributed by atoms with E-state index in [4.69, 9.17) is 79.2 Å². The minimum Gasteiger partial charge on any atom is -0.373 e. The summed E-state index contributed by atoms with van der Waals surface area (Å²) in [5.74, 6) is -3.54. The van der Waals surface area contributed by atoms with Gasteiger partial charge in [-0.3, -0.25) is 14.4 Å². The number of nitrogens with zero attached hydrogens (tertiary/aromatic N) is 1. The Labute approximate surface area is 185 Å². The first-order valence-corrected chi connectivity index (χ1v) is 10.7. The third-order valence-electron chi connectivity index (χ3n) is 6.45. The molecule has 5 nitrogen and oxygen atoms in total. The van der Waals surface area contributed by atoms with Gasteiger partial charge in [0.05, 0.1) is 40.2 Å². The number of ether oxygens (including phenoxy) is 1. The third-order valence-corrected chi connectivity index (χ3v) is 10.7. The fourth-order valence-electron chi connectivity index (χ4n) is 5.59. The van der Waals surface area contributed by atoms with Gasteiger partial charge in [-0.15, -0.1) is 23.2 Å². The molecule has 2 amide bonds. The molecule has 0 spiro atoms. The van der Waals surface area contributed by atoms with E-state index in [1.54, 1.807) is 13.8 Å². The number of amides is 2. The summed E-state index contributed by atoms with van der Waals surface area (Å²) in [5, 5.41) is 0.956. The zero-order valence-electron chi connectivity index (χ0n) is 13.9. The Morgan fingerprint density at radius 3 is 1.70 bits per heavy atom. The van der Waals surface area contributed by atoms with Gasteiger partial charge in [0.1, 0.15) is 9.75 Å². The Morgan fingerprint density at radius 1 is 0.926 bits per heavy atom. The molecule has 0 aromatic heterocycles. The van der Waals surface area contributed by atoms with Crippen LogP contribution in [-0.4, -0.2) is 49.3 Å². The average molecular weight is 496 g/mol. The second kappa shape index (κ2) is 5.42. The minimum absolute atomic E-state index is 0.0619. The van der Waals surface area contributed by atoms with E-state index in [9.17, 15) is 9.59 Å². The number of hydroxylamine groups is 2. The average Bonchev–Trinajstić information content (AvgIpc) is 3.27. The zero-order chi connectivity index (χ0) is 19.8. The molecule has 0 unspecified atom stereocenters. The molecule has 148 valence electrons. The predicted molar refractivity (Wildman–Crippen MR) is 101 cm³/mol. The summed E-state index contributed by atoms with van der Waals surface area (Å²) >= 11 is 39.8. The van der Waals surface area contributed by atoms with E-state index in [1.165, 1.54) is 0 Å². The van der Waals surface area contributed by atoms with E-state index in [2.05, 4.69) is 0 Å². The smallest absolute Gasteiger partial charge is 0.260 e. The van der Waals surface area contributed by atoms with Crippen molar-refractivity contribution >= 4 is 81.4 Å². The van der Waals surface area contributed by atoms with Crippen LogP contribution in [0.25, 0.3) is 0 Å². The van der Waals surface area contributed by atoms with Crippen LogP contribution in [0.5, 0.6) is 0 Å². The topological polar surface area (TPSA) is 55.8 Å². The number of rotatable bonds is 2. The van der Waals surface area contributed by atoms with Gasteiger partial charge in [0.2, 0.25) is 0 Å². The van der Waals surface area contributed by atoms with E-state index >= 15 is 0 Å². The molecule has 27 heavy (non-hydrogen) atoms. The lowest BCUT2D eigenvalue weighted by Crippen LogP contribution is -2.50. The molecule has 1 saturated carbocycles. The maximum absolute atomic E-state index is 12.9. The molecule has 0 N–H and O–H groups in total. The Kier molecular flexibility index (Phi) is 3.91. The SMILES string of the molecule is CC(C)ON1C(=O)[C@@H]2[C@H]3O[C@H]([C@H]2C1=O)[C@@H]1[C@@H]3[C@]2(Cl)C(Cl)=C(Cl)[C@]1(Cl)C2(Cl)Cl. The molecule has 8 atom stereocenters. The van der Waals surface area contributed by atoms with Crippen LogP contribution in [0, 0.1) is 23.7 Å². The van der Waals surface area contributed by atoms with Crippen LogP contribution in [0.2, 0.25) is 0 Å². The molecule has 4 fully saturated rings. The highest BCUT2D eigenvalue weighted by Crippen LogP contribution is 2.81. The van der Waals surface area contributed by atoms with Crippen LogP contribution >= 0.6 is 69.6 Å². The molecule has 5 rings (SSSR count). The molecule has 3 heterocycles. The molecule has 0 aromatic carbocycles. The van der Waals surface area contributed by atoms with Crippen LogP contribution in [0.3, 0.4) is 0 Å². The van der Waals surface area contributed by atoms with E-state index in [0.717, 1.165) is 5.06 Å². The van der Waals surface area contributed by atoms with Crippen LogP contribution in [0.1, 0.15) is 13.8 Å². The van der Waals surface area contributed by atoms with Gasteiger partial charge in [-0.2, -0.15) is 5.06 Å². The molecule has 5 aliphatic rings. The number of carbonyl (C=O) groups excluding carboxylic acids is 2. The van der Waals surface area contributed by atoms with Crippen LogP contribution < -0.4 is 0 Å². The van der Waals surface area contributed by atoms with Crippen molar-refractivity contribution in [2.24, 2.45) is 23.7 Å². The fourth-order valence-corrected chi connectivity index (χ4v) is 8.65. The van der Waals surface area contributed by atoms with Crippen LogP contribution in [-0.2, 0) is 19.2 Å². The highest BCUT2D eigenvalue weighted by Gasteiger charge is 2.90. The summed E-state index contributed by atoms with van der Waals surface area (Å²) in [5.41, 5.74) is 0. The molecular formula is C16H13Cl6NO4. The summed E-state index contributed by atoms with van der Waals surface area (Å²) in [7, 11) is 0. The largest absolute Gasteiger partial charge is 0.373 e. The maximum atomic E-state index is 12.9. The molecule has 4 bridgehead atoms. The first kappa shape index (κ1) is 19.5. The van der Waals surface area contributed by atoms with Crippen molar-refractivity contribution in [2.45, 2.75) is 46.2 Å². The normalized spacial score (nSPS) is 51.8. The maximum Gasteiger partial charge on any atom is 0.260 e. The van der Waals surface area contributed by atoms with Crippen molar-refractivity contribution in [3.63, 3.8) is 0 Å². The second-order valence-electron chi connectivity index (χ2n) is 7.92. The zero-order valence-corrected chi connectivity index (χ0v) is 18.4. The Balaban J connectivity index is 1.63. The van der Waals surface area contributed by atoms with Gasteiger partial charge in [-0.05, 0) is 13.8 Å². The molecular weight excluding hydrogens is 483 g/mol. The quantitative estimate of drug-likeness (QED) is 0.432. The number of allylic oxidation sites excluding steroid dienone is 2. The lowest BCUT2D eigenvalue weighted by atomic mass is 9.65. The number of fused-ring (bicyclic) bond motifs is 12. The van der Waals surface area contributed by atoms with Crippen molar-refractivity contribution in [1.29, 1.82) is 0 Å². The van der Waals surface area contributed by atoms with Gasteiger partial charge in [0.25, 0.3) is 11.8 Å². The number of hydrogen-bond donors (Lipinski definition) is 0. The van der Waals surface area contributed by atoms with Crippen molar-refractivity contribution in [1.82, 2.24) is 5.06 Å². The van der Waals surface area contributed by atoms with Gasteiger partial charge in [-0.25, -0.2) is 0 Å². The lowest BCUT2D eigenvalue weighted by molar-refractivity contribution is -0.202. The Hall–Kier alpha value is 0.540. The predicted octanol–water partition coefficient (Wildman–Crippen LogP) is 3.79. The number of carbonyl (C=O) groups is 2. The van der Waals surface area contributed by atoms with Gasteiger partial charge in [0, 0.05) is 11.8 Å². The first-order valence-electron chi connectivity index (χ1n) is 8.44. The summed E-state index contributed by atoms with van der Waals surface area (Å²) in [4.78, 5) is 28.2. The monoisotopic (exact) mass is 493 g/mol. The Morgan fingerprint density at radius 2 is 1.33 bits per heavy atom. The first-order chi connectivity index (χ1) is 12.4. The second-order valence-corrected chi connectivity index (χ2v) is 11.2. The summed E-state index contributed by atoms with van der Waals surface area (Å²) in [6, 6.07) is 0. The fraction of sp³-hybridized carbons (Fsp3) is 0.750. The van der Waals surface area contributed by atoms with Crippen LogP contribution in [0.15, 0.2) is 10.1 Å². The van der Waals surface area contributed by atoms with E-state index in [-0.39, 0.29) is 16.2 Å². The standard InChI is InChI=1S/C16H13Cl6NO4/c1-3(2)27-23-12(24)4-5(13(23)25)9-7-6(8(4)26-9)14(19)10(17)11(18)15(7,20)16(14,21)22/h3-9H,1-2H3/t4-,5-,6-,7-,8+,9+,14-,15-/m0/s1. The summed E-state index contributed by atoms with van der Waals surface area (Å²) in [6.45, 7) is 3.46. The minimum atomic E-state index is -1.72. The van der Waals surface area contributed by atoms with Crippen molar-refractivity contribution in [3.05, 3.63) is 10.1 Å². The highest BCUT2D eigenvalue weighted by atomic mass is 35.5. The van der Waals surface area contributed by atoms with Gasteiger partial charge in [0.15, 0.2) is 4.33 Å². The number of hydrogen-bond acceptors (Lipinski definition) is 4. The van der Waals surface area contributed by atoms with Crippen LogP contribution in [0.4, 0.5) is 0 Å². The van der Waals surface area contributed by atoms with E-state index < -0.39 is 61.8 Å². The van der Waals surface area contributed by atoms with E-state index in [1.807, 2.05) is 0 Å². The summed E-state index contributed by atoms with van der Waals surface area (Å²) < 4.78 is 4.33. The lowest BCUT2D eigenvalue weighted by Gasteiger charge is -2.39. The molecule has 3 saturated heterocycles. The summed E-state index contributed by atoms with van der Waals surface area (Å²) in [6.07, 6.45) is -1.76. The number of halogens is 6. The number of imide groups is 1. The molecule has 0 aromatic rings. The molecule has 3 aliphatic heterocycles. The van der Waals surface area contributed by atoms with Gasteiger partial charge >= 0.3 is 0 Å². The number of alkyl halides is 4. The van der Waals surface area contributed by atoms with Crippen molar-refractivity contribution in [3.8, 4) is 0 Å². The highest BCUT2D eigenvalue weighted by molar-refractivity contribution is 6.65. The van der Waals surface area contributed by atoms with Gasteiger partial charge in [-0.1, -0.05) is 46.4 Å². The molecule has 0 radical (unpaired) electrons. The van der Waals surface area contributed by atoms with Crippen molar-refractivity contribution in [2.75, 3.05) is 0 Å².